The Hall–Kier alpha value is -3.60. The van der Waals surface area contributed by atoms with E-state index in [-0.39, 0.29) is 24.0 Å². The average Bonchev–Trinajstić information content (AvgIpc) is 3.02. The van der Waals surface area contributed by atoms with E-state index in [1.54, 1.807) is 30.5 Å². The lowest BCUT2D eigenvalue weighted by molar-refractivity contribution is -0.156. The number of nitrogens with zero attached hydrogens (tertiary/aromatic N) is 2. The van der Waals surface area contributed by atoms with Crippen LogP contribution < -0.4 is 10.1 Å². The summed E-state index contributed by atoms with van der Waals surface area (Å²) in [5, 5.41) is 3.39. The number of rotatable bonds is 11. The van der Waals surface area contributed by atoms with Crippen molar-refractivity contribution in [3.05, 3.63) is 89.1 Å². The first kappa shape index (κ1) is 33.8. The molecule has 2 fully saturated rings. The standard InChI is InChI=1S/C35H39F6N3O2/c36-34(37,38)28-7-3-26(4-8-28)22-44-19-16-24(17-20-44)1-2-25-15-18-42-33(21-25)46-31-13-11-30(12-14-31)43-29-9-5-27(6-10-29)32(23-45)35(39,40)41/h3-10,15,18,21,23-24,30-32,43H,1-2,11-14,16-17,19-20,22H2. The molecule has 1 atom stereocenters. The number of hydrogen-bond donors (Lipinski definition) is 1. The fourth-order valence-electron chi connectivity index (χ4n) is 6.39. The molecule has 0 amide bonds. The van der Waals surface area contributed by atoms with Gasteiger partial charge < -0.3 is 14.8 Å². The lowest BCUT2D eigenvalue weighted by Gasteiger charge is -2.32. The van der Waals surface area contributed by atoms with Crippen molar-refractivity contribution < 1.29 is 35.9 Å². The van der Waals surface area contributed by atoms with Gasteiger partial charge in [0, 0.05) is 30.5 Å². The van der Waals surface area contributed by atoms with Gasteiger partial charge in [0.05, 0.1) is 5.56 Å². The zero-order valence-corrected chi connectivity index (χ0v) is 25.5. The molecule has 1 saturated heterocycles. The predicted octanol–water partition coefficient (Wildman–Crippen LogP) is 8.59. The number of halogens is 6. The number of anilines is 1. The van der Waals surface area contributed by atoms with Crippen LogP contribution in [0.4, 0.5) is 32.0 Å². The van der Waals surface area contributed by atoms with Crippen molar-refractivity contribution in [3.63, 3.8) is 0 Å². The molecule has 1 aliphatic heterocycles. The molecule has 5 rings (SSSR count). The smallest absolute Gasteiger partial charge is 0.416 e. The summed E-state index contributed by atoms with van der Waals surface area (Å²) < 4.78 is 83.8. The molecule has 0 spiro atoms. The molecule has 1 aliphatic carbocycles. The Kier molecular flexibility index (Phi) is 10.9. The number of aryl methyl sites for hydroxylation is 1. The Morgan fingerprint density at radius 1 is 0.870 bits per heavy atom. The minimum Gasteiger partial charge on any atom is -0.474 e. The summed E-state index contributed by atoms with van der Waals surface area (Å²) in [5.74, 6) is -0.905. The summed E-state index contributed by atoms with van der Waals surface area (Å²) in [6.45, 7) is 2.52. The van der Waals surface area contributed by atoms with Gasteiger partial charge in [0.15, 0.2) is 0 Å². The number of aromatic nitrogens is 1. The first-order valence-corrected chi connectivity index (χ1v) is 15.8. The summed E-state index contributed by atoms with van der Waals surface area (Å²) in [7, 11) is 0. The highest BCUT2D eigenvalue weighted by Gasteiger charge is 2.40. The number of carbonyl (C=O) groups excluding carboxylic acids is 1. The number of aldehydes is 1. The molecule has 11 heteroatoms. The average molecular weight is 648 g/mol. The van der Waals surface area contributed by atoms with E-state index in [2.05, 4.69) is 15.2 Å². The highest BCUT2D eigenvalue weighted by Crippen LogP contribution is 2.34. The fraction of sp³-hybridized carbons (Fsp3) is 0.486. The van der Waals surface area contributed by atoms with Crippen LogP contribution in [-0.2, 0) is 23.9 Å². The summed E-state index contributed by atoms with van der Waals surface area (Å²) in [6, 6.07) is 15.5. The van der Waals surface area contributed by atoms with Crippen LogP contribution in [0.15, 0.2) is 66.9 Å². The maximum absolute atomic E-state index is 13.0. The Balaban J connectivity index is 1.01. The molecule has 2 aliphatic rings. The number of pyridine rings is 1. The van der Waals surface area contributed by atoms with Gasteiger partial charge in [-0.25, -0.2) is 4.98 Å². The molecule has 1 saturated carbocycles. The van der Waals surface area contributed by atoms with E-state index in [9.17, 15) is 31.1 Å². The second-order valence-electron chi connectivity index (χ2n) is 12.5. The van der Waals surface area contributed by atoms with Crippen molar-refractivity contribution in [2.75, 3.05) is 18.4 Å². The summed E-state index contributed by atoms with van der Waals surface area (Å²) in [4.78, 5) is 17.7. The Bertz CT molecular complexity index is 1400. The molecule has 248 valence electrons. The van der Waals surface area contributed by atoms with E-state index in [1.165, 1.54) is 17.7 Å². The molecule has 1 aromatic heterocycles. The van der Waals surface area contributed by atoms with Crippen molar-refractivity contribution in [2.45, 2.75) is 88.3 Å². The van der Waals surface area contributed by atoms with Crippen LogP contribution in [0.2, 0.25) is 0 Å². The topological polar surface area (TPSA) is 54.5 Å². The third-order valence-corrected chi connectivity index (χ3v) is 9.13. The number of ether oxygens (including phenoxy) is 1. The van der Waals surface area contributed by atoms with Gasteiger partial charge in [-0.15, -0.1) is 0 Å². The number of nitrogens with one attached hydrogen (secondary N) is 1. The third-order valence-electron chi connectivity index (χ3n) is 9.13. The molecule has 1 N–H and O–H groups in total. The van der Waals surface area contributed by atoms with E-state index >= 15 is 0 Å². The fourth-order valence-corrected chi connectivity index (χ4v) is 6.39. The second kappa shape index (κ2) is 14.9. The quantitative estimate of drug-likeness (QED) is 0.167. The summed E-state index contributed by atoms with van der Waals surface area (Å²) in [6.07, 6.45) is 0.285. The first-order valence-electron chi connectivity index (χ1n) is 15.8. The molecular formula is C35H39F6N3O2. The minimum atomic E-state index is -4.60. The molecule has 5 nitrogen and oxygen atoms in total. The highest BCUT2D eigenvalue weighted by atomic mass is 19.4. The highest BCUT2D eigenvalue weighted by molar-refractivity contribution is 5.64. The number of likely N-dealkylation sites (tertiary alicyclic amines) is 1. The number of carbonyl (C=O) groups is 1. The van der Waals surface area contributed by atoms with E-state index in [0.717, 1.165) is 87.8 Å². The Labute approximate surface area is 265 Å². The molecule has 46 heavy (non-hydrogen) atoms. The molecule has 2 aromatic carbocycles. The SMILES string of the molecule is O=CC(c1ccc(NC2CCC(Oc3cc(CCC4CCN(Cc5ccc(C(F)(F)F)cc5)CC4)ccn3)CC2)cc1)C(F)(F)F. The van der Waals surface area contributed by atoms with E-state index < -0.39 is 23.8 Å². The van der Waals surface area contributed by atoms with Crippen molar-refractivity contribution in [1.29, 1.82) is 0 Å². The lowest BCUT2D eigenvalue weighted by Crippen LogP contribution is -2.33. The van der Waals surface area contributed by atoms with Gasteiger partial charge in [-0.2, -0.15) is 26.3 Å². The van der Waals surface area contributed by atoms with E-state index in [4.69, 9.17) is 4.74 Å². The normalized spacial score (nSPS) is 20.7. The first-order chi connectivity index (χ1) is 22.0. The monoisotopic (exact) mass is 647 g/mol. The van der Waals surface area contributed by atoms with Crippen LogP contribution in [-0.4, -0.2) is 47.6 Å². The van der Waals surface area contributed by atoms with Crippen molar-refractivity contribution in [1.82, 2.24) is 9.88 Å². The molecule has 0 radical (unpaired) electrons. The van der Waals surface area contributed by atoms with Gasteiger partial charge in [-0.1, -0.05) is 24.3 Å². The lowest BCUT2D eigenvalue weighted by atomic mass is 9.90. The zero-order valence-electron chi connectivity index (χ0n) is 25.5. The minimum absolute atomic E-state index is 0.0392. The number of benzene rings is 2. The number of piperidine rings is 1. The summed E-state index contributed by atoms with van der Waals surface area (Å²) in [5.41, 5.74) is 2.11. The van der Waals surface area contributed by atoms with E-state index in [1.807, 2.05) is 12.1 Å². The number of alkyl halides is 6. The van der Waals surface area contributed by atoms with Gasteiger partial charge in [0.25, 0.3) is 0 Å². The van der Waals surface area contributed by atoms with Crippen LogP contribution in [0.1, 0.15) is 73.1 Å². The van der Waals surface area contributed by atoms with Crippen molar-refractivity contribution in [3.8, 4) is 5.88 Å². The molecular weight excluding hydrogens is 608 g/mol. The van der Waals surface area contributed by atoms with Crippen LogP contribution in [0.3, 0.4) is 0 Å². The van der Waals surface area contributed by atoms with Gasteiger partial charge in [-0.05, 0) is 117 Å². The van der Waals surface area contributed by atoms with Gasteiger partial charge in [0.2, 0.25) is 5.88 Å². The van der Waals surface area contributed by atoms with Gasteiger partial charge in [0.1, 0.15) is 18.3 Å². The van der Waals surface area contributed by atoms with Gasteiger partial charge in [-0.3, -0.25) is 4.90 Å². The van der Waals surface area contributed by atoms with Crippen molar-refractivity contribution in [2.24, 2.45) is 5.92 Å². The van der Waals surface area contributed by atoms with Crippen LogP contribution in [0, 0.1) is 5.92 Å². The Morgan fingerprint density at radius 2 is 1.54 bits per heavy atom. The zero-order chi connectivity index (χ0) is 32.7. The van der Waals surface area contributed by atoms with Crippen LogP contribution in [0.25, 0.3) is 0 Å². The van der Waals surface area contributed by atoms with E-state index in [0.29, 0.717) is 18.3 Å². The second-order valence-corrected chi connectivity index (χ2v) is 12.5. The largest absolute Gasteiger partial charge is 0.474 e. The Morgan fingerprint density at radius 3 is 2.15 bits per heavy atom. The van der Waals surface area contributed by atoms with Gasteiger partial charge >= 0.3 is 12.4 Å². The molecule has 2 heterocycles. The third kappa shape index (κ3) is 9.47. The predicted molar refractivity (Wildman–Crippen MR) is 164 cm³/mol. The molecule has 3 aromatic rings. The molecule has 0 bridgehead atoms. The molecule has 1 unspecified atom stereocenters. The summed E-state index contributed by atoms with van der Waals surface area (Å²) >= 11 is 0. The maximum atomic E-state index is 13.0. The van der Waals surface area contributed by atoms with Crippen molar-refractivity contribution >= 4 is 12.0 Å². The number of hydrogen-bond acceptors (Lipinski definition) is 5. The van der Waals surface area contributed by atoms with Crippen LogP contribution in [0.5, 0.6) is 5.88 Å². The van der Waals surface area contributed by atoms with Crippen LogP contribution >= 0.6 is 0 Å². The maximum Gasteiger partial charge on any atom is 0.416 e.